The lowest BCUT2D eigenvalue weighted by Gasteiger charge is -2.35. The molecule has 15 N–H and O–H groups in total. The lowest BCUT2D eigenvalue weighted by atomic mass is 10.0. The number of nitrogens with two attached hydrogens (primary N) is 3. The molecule has 0 aliphatic heterocycles. The smallest absolute Gasteiger partial charge is 0.202 e. The number of nitrogens with one attached hydrogen (secondary N) is 9. The molecule has 0 aromatic heterocycles. The van der Waals surface area contributed by atoms with Crippen LogP contribution in [0.2, 0.25) is 0 Å². The highest BCUT2D eigenvalue weighted by molar-refractivity contribution is 6.14. The van der Waals surface area contributed by atoms with Gasteiger partial charge in [-0.05, 0) is 31.0 Å². The first-order valence-electron chi connectivity index (χ1n) is 9.05. The predicted molar refractivity (Wildman–Crippen MR) is 128 cm³/mol. The van der Waals surface area contributed by atoms with E-state index >= 15 is 0 Å². The number of hydrogen-bond acceptors (Lipinski definition) is 6. The summed E-state index contributed by atoms with van der Waals surface area (Å²) in [5.74, 6) is -1.99. The lowest BCUT2D eigenvalue weighted by Crippen LogP contribution is -2.48. The largest absolute Gasteiger partial charge is 0.370 e. The molecule has 1 rings (SSSR count). The van der Waals surface area contributed by atoms with E-state index < -0.39 is 17.9 Å². The van der Waals surface area contributed by atoms with Crippen LogP contribution in [-0.2, 0) is 0 Å². The Labute approximate surface area is 186 Å². The molecule has 1 aromatic rings. The number of benzene rings is 1. The molecule has 0 saturated heterocycles. The standard InChI is InChI=1S/C17H30N15/c1-7-6-8(2)10(31(4)16(25)28-13(20)21)11(32(5)17(26)29-14(22)23)9(7)30(3)15(24)27-12(18)19/h1-5H3,(H5,18,19,24,27)(H5,20,21,25,28)(H5,22,23,26,29). The van der Waals surface area contributed by atoms with Crippen LogP contribution in [0.15, 0.2) is 0 Å². The molecule has 0 bridgehead atoms. The van der Waals surface area contributed by atoms with E-state index in [1.807, 2.05) is 0 Å². The molecular formula is C17H30N15. The summed E-state index contributed by atoms with van der Waals surface area (Å²) in [5, 5.41) is 54.3. The summed E-state index contributed by atoms with van der Waals surface area (Å²) >= 11 is 0. The van der Waals surface area contributed by atoms with E-state index in [0.717, 1.165) is 0 Å². The van der Waals surface area contributed by atoms with Crippen LogP contribution >= 0.6 is 0 Å². The molecule has 15 heteroatoms. The van der Waals surface area contributed by atoms with Crippen molar-refractivity contribution in [3.05, 3.63) is 17.2 Å². The molecule has 1 radical (unpaired) electrons. The fourth-order valence-corrected chi connectivity index (χ4v) is 2.98. The van der Waals surface area contributed by atoms with Gasteiger partial charge in [0.2, 0.25) is 17.9 Å². The first-order valence-corrected chi connectivity index (χ1v) is 9.05. The van der Waals surface area contributed by atoms with Crippen LogP contribution in [0.3, 0.4) is 0 Å². The van der Waals surface area contributed by atoms with Crippen LogP contribution in [0.25, 0.3) is 0 Å². The molecule has 0 spiro atoms. The summed E-state index contributed by atoms with van der Waals surface area (Å²) in [6.07, 6.45) is 0. The van der Waals surface area contributed by atoms with Gasteiger partial charge >= 0.3 is 0 Å². The summed E-state index contributed by atoms with van der Waals surface area (Å²) in [5.41, 5.74) is 18.5. The van der Waals surface area contributed by atoms with Gasteiger partial charge in [-0.25, -0.2) is 0 Å². The summed E-state index contributed by atoms with van der Waals surface area (Å²) < 4.78 is 0. The van der Waals surface area contributed by atoms with Crippen LogP contribution < -0.4 is 47.9 Å². The third-order valence-electron chi connectivity index (χ3n) is 4.31. The molecule has 15 nitrogen and oxygen atoms in total. The zero-order valence-corrected chi connectivity index (χ0v) is 18.6. The minimum atomic E-state index is -0.445. The van der Waals surface area contributed by atoms with E-state index in [-0.39, 0.29) is 17.9 Å². The van der Waals surface area contributed by atoms with E-state index in [1.54, 1.807) is 35.0 Å². The summed E-state index contributed by atoms with van der Waals surface area (Å²) in [7, 11) is 4.67. The number of aryl methyl sites for hydroxylation is 2. The van der Waals surface area contributed by atoms with Gasteiger partial charge in [0.15, 0.2) is 17.9 Å². The van der Waals surface area contributed by atoms with E-state index in [2.05, 4.69) is 22.0 Å². The zero-order valence-electron chi connectivity index (χ0n) is 18.6. The third kappa shape index (κ3) is 5.74. The van der Waals surface area contributed by atoms with Crippen molar-refractivity contribution >= 4 is 52.8 Å². The van der Waals surface area contributed by atoms with Crippen molar-refractivity contribution < 1.29 is 0 Å². The summed E-state index contributed by atoms with van der Waals surface area (Å²) in [6.45, 7) is 3.50. The van der Waals surface area contributed by atoms with E-state index in [4.69, 9.17) is 49.7 Å². The Kier molecular flexibility index (Phi) is 7.93. The van der Waals surface area contributed by atoms with Gasteiger partial charge in [-0.1, -0.05) is 0 Å². The normalized spacial score (nSPS) is 9.91. The highest BCUT2D eigenvalue weighted by Gasteiger charge is 2.28. The van der Waals surface area contributed by atoms with Crippen molar-refractivity contribution in [3.8, 4) is 0 Å². The Morgan fingerprint density at radius 1 is 0.594 bits per heavy atom. The monoisotopic (exact) mass is 444 g/mol. The second-order valence-electron chi connectivity index (χ2n) is 6.76. The topological polar surface area (TPSA) is 267 Å². The molecule has 0 heterocycles. The van der Waals surface area contributed by atoms with Gasteiger partial charge in [-0.3, -0.25) is 48.4 Å². The SMILES string of the molecule is Cc1[c]c(C)c(N(C)C(=N)NC(=N)N)c(N(C)C(=N)NC(=N)N)c1N(C)C(=N)NC(=N)N. The van der Waals surface area contributed by atoms with Crippen LogP contribution in [0.5, 0.6) is 0 Å². The van der Waals surface area contributed by atoms with Crippen LogP contribution in [0.1, 0.15) is 11.1 Å². The average molecular weight is 445 g/mol. The van der Waals surface area contributed by atoms with Crippen molar-refractivity contribution in [1.82, 2.24) is 16.0 Å². The van der Waals surface area contributed by atoms with Crippen LogP contribution in [-0.4, -0.2) is 56.9 Å². The van der Waals surface area contributed by atoms with Gasteiger partial charge in [-0.2, -0.15) is 0 Å². The molecule has 0 fully saturated rings. The van der Waals surface area contributed by atoms with E-state index in [1.165, 1.54) is 14.7 Å². The maximum absolute atomic E-state index is 8.32. The molecular weight excluding hydrogens is 414 g/mol. The number of rotatable bonds is 3. The molecule has 0 saturated carbocycles. The van der Waals surface area contributed by atoms with Crippen LogP contribution in [0, 0.1) is 52.4 Å². The molecule has 0 aliphatic rings. The van der Waals surface area contributed by atoms with E-state index in [0.29, 0.717) is 28.2 Å². The van der Waals surface area contributed by atoms with Crippen molar-refractivity contribution in [3.63, 3.8) is 0 Å². The van der Waals surface area contributed by atoms with Gasteiger partial charge < -0.3 is 31.9 Å². The van der Waals surface area contributed by atoms with Crippen molar-refractivity contribution in [2.45, 2.75) is 13.8 Å². The fraction of sp³-hybridized carbons (Fsp3) is 0.294. The van der Waals surface area contributed by atoms with Crippen LogP contribution in [0.4, 0.5) is 17.1 Å². The molecule has 0 amide bonds. The minimum Gasteiger partial charge on any atom is -0.370 e. The maximum atomic E-state index is 8.32. The van der Waals surface area contributed by atoms with Crippen molar-refractivity contribution in [1.29, 1.82) is 32.5 Å². The number of guanidine groups is 6. The Balaban J connectivity index is 3.85. The molecule has 0 aliphatic carbocycles. The number of anilines is 3. The first kappa shape index (κ1) is 25.5. The van der Waals surface area contributed by atoms with E-state index in [9.17, 15) is 0 Å². The summed E-state index contributed by atoms with van der Waals surface area (Å²) in [6, 6.07) is 3.17. The Bertz CT molecular complexity index is 920. The molecule has 0 atom stereocenters. The van der Waals surface area contributed by atoms with Gasteiger partial charge in [0.05, 0.1) is 17.1 Å². The van der Waals surface area contributed by atoms with Gasteiger partial charge in [0.25, 0.3) is 0 Å². The molecule has 1 aromatic carbocycles. The summed E-state index contributed by atoms with van der Waals surface area (Å²) in [4.78, 5) is 4.19. The predicted octanol–water partition coefficient (Wildman–Crippen LogP) is -1.33. The maximum Gasteiger partial charge on any atom is 0.202 e. The average Bonchev–Trinajstić information content (AvgIpc) is 2.64. The van der Waals surface area contributed by atoms with Crippen molar-refractivity contribution in [2.24, 2.45) is 17.2 Å². The lowest BCUT2D eigenvalue weighted by molar-refractivity contribution is 1.05. The highest BCUT2D eigenvalue weighted by atomic mass is 15.4. The Hall–Kier alpha value is -4.56. The Morgan fingerprint density at radius 2 is 0.844 bits per heavy atom. The minimum absolute atomic E-state index is 0.218. The third-order valence-corrected chi connectivity index (χ3v) is 4.31. The fourth-order valence-electron chi connectivity index (χ4n) is 2.98. The molecule has 32 heavy (non-hydrogen) atoms. The number of hydrogen-bond donors (Lipinski definition) is 12. The molecule has 173 valence electrons. The highest BCUT2D eigenvalue weighted by Crippen LogP contribution is 2.42. The first-order chi connectivity index (χ1) is 14.7. The van der Waals surface area contributed by atoms with Crippen molar-refractivity contribution in [2.75, 3.05) is 35.8 Å². The van der Waals surface area contributed by atoms with Gasteiger partial charge in [-0.15, -0.1) is 0 Å². The molecule has 0 unspecified atom stereocenters. The quantitative estimate of drug-likeness (QED) is 0.194. The van der Waals surface area contributed by atoms with Gasteiger partial charge in [0, 0.05) is 21.1 Å². The Morgan fingerprint density at radius 3 is 1.09 bits per heavy atom. The number of nitrogens with zero attached hydrogens (tertiary/aromatic N) is 3. The van der Waals surface area contributed by atoms with Gasteiger partial charge in [0.1, 0.15) is 0 Å². The zero-order chi connectivity index (χ0) is 24.9. The second-order valence-corrected chi connectivity index (χ2v) is 6.76. The second kappa shape index (κ2) is 9.96.